The quantitative estimate of drug-likeness (QED) is 0.750. The standard InChI is InChI=1S/C10H14F2O2/c11-7(12)9-1-4-10(5-2-9,6-3-9)8(13)14/h7H,1-6H2,(H,13,14). The fourth-order valence-electron chi connectivity index (χ4n) is 2.86. The van der Waals surface area contributed by atoms with E-state index in [0.717, 1.165) is 0 Å². The number of aliphatic carboxylic acids is 1. The lowest BCUT2D eigenvalue weighted by Crippen LogP contribution is -2.48. The molecule has 0 radical (unpaired) electrons. The first kappa shape index (κ1) is 9.87. The molecule has 0 aromatic rings. The van der Waals surface area contributed by atoms with Crippen LogP contribution in [-0.4, -0.2) is 17.5 Å². The number of rotatable bonds is 2. The molecule has 0 aromatic carbocycles. The van der Waals surface area contributed by atoms with Gasteiger partial charge in [0.2, 0.25) is 6.43 Å². The highest BCUT2D eigenvalue weighted by atomic mass is 19.3. The predicted molar refractivity (Wildman–Crippen MR) is 46.2 cm³/mol. The molecule has 3 fully saturated rings. The zero-order valence-electron chi connectivity index (χ0n) is 7.93. The van der Waals surface area contributed by atoms with Gasteiger partial charge < -0.3 is 5.11 Å². The molecule has 0 amide bonds. The van der Waals surface area contributed by atoms with Crippen molar-refractivity contribution in [1.82, 2.24) is 0 Å². The van der Waals surface area contributed by atoms with Gasteiger partial charge in [-0.3, -0.25) is 4.79 Å². The third-order valence-electron chi connectivity index (χ3n) is 4.22. The van der Waals surface area contributed by atoms with Gasteiger partial charge in [-0.2, -0.15) is 0 Å². The minimum Gasteiger partial charge on any atom is -0.481 e. The van der Waals surface area contributed by atoms with Crippen molar-refractivity contribution >= 4 is 5.97 Å². The van der Waals surface area contributed by atoms with Gasteiger partial charge in [0.15, 0.2) is 0 Å². The predicted octanol–water partition coefficient (Wildman–Crippen LogP) is 2.68. The van der Waals surface area contributed by atoms with Gasteiger partial charge in [-0.25, -0.2) is 8.78 Å². The summed E-state index contributed by atoms with van der Waals surface area (Å²) in [7, 11) is 0. The third-order valence-corrected chi connectivity index (χ3v) is 4.22. The highest BCUT2D eigenvalue weighted by Crippen LogP contribution is 2.59. The molecule has 0 atom stereocenters. The Morgan fingerprint density at radius 1 is 1.07 bits per heavy atom. The Hall–Kier alpha value is -0.670. The van der Waals surface area contributed by atoms with E-state index in [4.69, 9.17) is 5.11 Å². The lowest BCUT2D eigenvalue weighted by molar-refractivity contribution is -0.167. The van der Waals surface area contributed by atoms with Gasteiger partial charge in [0.25, 0.3) is 0 Å². The average Bonchev–Trinajstić information content (AvgIpc) is 2.20. The topological polar surface area (TPSA) is 37.3 Å². The third kappa shape index (κ3) is 1.16. The van der Waals surface area contributed by atoms with Gasteiger partial charge >= 0.3 is 5.97 Å². The summed E-state index contributed by atoms with van der Waals surface area (Å²) in [5.41, 5.74) is -1.52. The number of carbonyl (C=O) groups is 1. The maximum Gasteiger partial charge on any atom is 0.309 e. The molecule has 0 unspecified atom stereocenters. The molecule has 0 aromatic heterocycles. The van der Waals surface area contributed by atoms with E-state index in [1.165, 1.54) is 0 Å². The lowest BCUT2D eigenvalue weighted by atomic mass is 9.54. The first-order chi connectivity index (χ1) is 6.51. The molecule has 14 heavy (non-hydrogen) atoms. The van der Waals surface area contributed by atoms with Crippen LogP contribution in [0.4, 0.5) is 8.78 Å². The molecule has 3 aliphatic carbocycles. The Morgan fingerprint density at radius 2 is 1.50 bits per heavy atom. The Labute approximate surface area is 81.3 Å². The van der Waals surface area contributed by atoms with Crippen LogP contribution < -0.4 is 0 Å². The molecule has 1 N–H and O–H groups in total. The van der Waals surface area contributed by atoms with E-state index in [2.05, 4.69) is 0 Å². The summed E-state index contributed by atoms with van der Waals surface area (Å²) >= 11 is 0. The van der Waals surface area contributed by atoms with Crippen molar-refractivity contribution in [3.63, 3.8) is 0 Å². The summed E-state index contributed by atoms with van der Waals surface area (Å²) in [4.78, 5) is 11.0. The van der Waals surface area contributed by atoms with Crippen molar-refractivity contribution in [2.75, 3.05) is 0 Å². The van der Waals surface area contributed by atoms with Crippen molar-refractivity contribution in [1.29, 1.82) is 0 Å². The molecule has 0 heterocycles. The molecule has 0 saturated heterocycles. The summed E-state index contributed by atoms with van der Waals surface area (Å²) < 4.78 is 25.6. The second-order valence-corrected chi connectivity index (χ2v) is 4.75. The van der Waals surface area contributed by atoms with E-state index in [1.54, 1.807) is 0 Å². The lowest BCUT2D eigenvalue weighted by Gasteiger charge is -2.50. The minimum atomic E-state index is -2.28. The summed E-state index contributed by atoms with van der Waals surface area (Å²) in [6.45, 7) is 0. The molecule has 0 aliphatic heterocycles. The molecule has 0 spiro atoms. The Morgan fingerprint density at radius 3 is 1.79 bits per heavy atom. The van der Waals surface area contributed by atoms with E-state index >= 15 is 0 Å². The van der Waals surface area contributed by atoms with Crippen LogP contribution >= 0.6 is 0 Å². The number of fused-ring (bicyclic) bond motifs is 3. The van der Waals surface area contributed by atoms with E-state index in [1.807, 2.05) is 0 Å². The SMILES string of the molecule is O=C(O)C12CCC(C(F)F)(CC1)CC2. The first-order valence-electron chi connectivity index (χ1n) is 5.02. The maximum absolute atomic E-state index is 12.8. The van der Waals surface area contributed by atoms with Crippen LogP contribution in [0.5, 0.6) is 0 Å². The maximum atomic E-state index is 12.8. The molecule has 3 saturated carbocycles. The van der Waals surface area contributed by atoms with Crippen LogP contribution in [0, 0.1) is 10.8 Å². The number of hydrogen-bond acceptors (Lipinski definition) is 1. The summed E-state index contributed by atoms with van der Waals surface area (Å²) in [6.07, 6.45) is 0.186. The Kier molecular flexibility index (Phi) is 2.05. The molecule has 3 rings (SSSR count). The number of carboxylic acid groups (broad SMARTS) is 1. The van der Waals surface area contributed by atoms with Crippen LogP contribution in [0.15, 0.2) is 0 Å². The minimum absolute atomic E-state index is 0.386. The number of halogens is 2. The van der Waals surface area contributed by atoms with Crippen molar-refractivity contribution in [2.45, 2.75) is 45.0 Å². The molecule has 3 aliphatic rings. The smallest absolute Gasteiger partial charge is 0.309 e. The normalized spacial score (nSPS) is 41.6. The van der Waals surface area contributed by atoms with Gasteiger partial charge in [0.1, 0.15) is 0 Å². The van der Waals surface area contributed by atoms with Crippen LogP contribution in [-0.2, 0) is 4.79 Å². The molecule has 4 heteroatoms. The zero-order chi connectivity index (χ0) is 10.4. The number of hydrogen-bond donors (Lipinski definition) is 1. The van der Waals surface area contributed by atoms with Gasteiger partial charge in [-0.05, 0) is 38.5 Å². The van der Waals surface area contributed by atoms with Crippen LogP contribution in [0.3, 0.4) is 0 Å². The first-order valence-corrected chi connectivity index (χ1v) is 5.02. The fraction of sp³-hybridized carbons (Fsp3) is 0.900. The van der Waals surface area contributed by atoms with Gasteiger partial charge in [-0.1, -0.05) is 0 Å². The molecule has 80 valence electrons. The summed E-state index contributed by atoms with van der Waals surface area (Å²) in [6, 6.07) is 0. The fourth-order valence-corrected chi connectivity index (χ4v) is 2.86. The van der Waals surface area contributed by atoms with Crippen molar-refractivity contribution < 1.29 is 18.7 Å². The van der Waals surface area contributed by atoms with E-state index in [0.29, 0.717) is 38.5 Å². The van der Waals surface area contributed by atoms with Crippen LogP contribution in [0.1, 0.15) is 38.5 Å². The highest BCUT2D eigenvalue weighted by Gasteiger charge is 2.56. The van der Waals surface area contributed by atoms with E-state index in [9.17, 15) is 13.6 Å². The molecular weight excluding hydrogens is 190 g/mol. The van der Waals surface area contributed by atoms with E-state index < -0.39 is 23.2 Å². The Balaban J connectivity index is 2.17. The summed E-state index contributed by atoms with van der Waals surface area (Å²) in [5.74, 6) is -0.792. The molecule has 2 nitrogen and oxygen atoms in total. The van der Waals surface area contributed by atoms with Gasteiger partial charge in [-0.15, -0.1) is 0 Å². The monoisotopic (exact) mass is 204 g/mol. The average molecular weight is 204 g/mol. The summed E-state index contributed by atoms with van der Waals surface area (Å²) in [5, 5.41) is 9.05. The van der Waals surface area contributed by atoms with Crippen molar-refractivity contribution in [2.24, 2.45) is 10.8 Å². The molecular formula is C10H14F2O2. The van der Waals surface area contributed by atoms with E-state index in [-0.39, 0.29) is 0 Å². The molecule has 2 bridgehead atoms. The zero-order valence-corrected chi connectivity index (χ0v) is 7.93. The van der Waals surface area contributed by atoms with Crippen LogP contribution in [0.2, 0.25) is 0 Å². The van der Waals surface area contributed by atoms with Gasteiger partial charge in [0.05, 0.1) is 5.41 Å². The van der Waals surface area contributed by atoms with Crippen molar-refractivity contribution in [3.8, 4) is 0 Å². The van der Waals surface area contributed by atoms with Crippen molar-refractivity contribution in [3.05, 3.63) is 0 Å². The second-order valence-electron chi connectivity index (χ2n) is 4.75. The second kappa shape index (κ2) is 2.91. The van der Waals surface area contributed by atoms with Crippen LogP contribution in [0.25, 0.3) is 0 Å². The number of alkyl halides is 2. The largest absolute Gasteiger partial charge is 0.481 e. The highest BCUT2D eigenvalue weighted by molar-refractivity contribution is 5.75. The number of carboxylic acids is 1. The Bertz CT molecular complexity index is 238. The van der Waals surface area contributed by atoms with Gasteiger partial charge in [0, 0.05) is 5.41 Å².